The van der Waals surface area contributed by atoms with Gasteiger partial charge in [-0.05, 0) is 25.2 Å². The molecule has 1 heterocycles. The molecule has 0 aromatic heterocycles. The lowest BCUT2D eigenvalue weighted by Gasteiger charge is -2.23. The van der Waals surface area contributed by atoms with Gasteiger partial charge in [-0.2, -0.15) is 0 Å². The molecule has 6 N–H and O–H groups in total. The molecule has 0 spiro atoms. The Bertz CT molecular complexity index is 562. The van der Waals surface area contributed by atoms with Crippen LogP contribution in [0.4, 0.5) is 4.79 Å². The van der Waals surface area contributed by atoms with E-state index in [1.807, 2.05) is 0 Å². The van der Waals surface area contributed by atoms with Crippen molar-refractivity contribution in [3.63, 3.8) is 0 Å². The lowest BCUT2D eigenvalue weighted by atomic mass is 9.95. The first kappa shape index (κ1) is 20.4. The summed E-state index contributed by atoms with van der Waals surface area (Å²) < 4.78 is 4.78. The van der Waals surface area contributed by atoms with Gasteiger partial charge in [-0.3, -0.25) is 19.2 Å². The molecule has 10 heteroatoms. The van der Waals surface area contributed by atoms with Crippen LogP contribution in [0, 0.1) is 11.8 Å². The molecule has 0 aromatic rings. The third-order valence-corrected chi connectivity index (χ3v) is 3.80. The zero-order valence-corrected chi connectivity index (χ0v) is 14.2. The summed E-state index contributed by atoms with van der Waals surface area (Å²) in [7, 11) is 0. The van der Waals surface area contributed by atoms with E-state index < -0.39 is 41.8 Å². The minimum Gasteiger partial charge on any atom is -0.436 e. The molecule has 3 atom stereocenters. The third-order valence-electron chi connectivity index (χ3n) is 3.80. The number of rotatable bonds is 9. The molecule has 1 fully saturated rings. The molecule has 0 aliphatic carbocycles. The summed E-state index contributed by atoms with van der Waals surface area (Å²) in [6, 6.07) is -1.27. The van der Waals surface area contributed by atoms with E-state index in [9.17, 15) is 24.0 Å². The second-order valence-corrected chi connectivity index (χ2v) is 6.36. The van der Waals surface area contributed by atoms with Crippen molar-refractivity contribution in [1.82, 2.24) is 10.6 Å². The lowest BCUT2D eigenvalue weighted by molar-refractivity contribution is -0.140. The number of ketones is 1. The monoisotopic (exact) mass is 356 g/mol. The van der Waals surface area contributed by atoms with Gasteiger partial charge in [0.05, 0.1) is 6.04 Å². The predicted molar refractivity (Wildman–Crippen MR) is 85.8 cm³/mol. The number of ether oxygens (including phenoxy) is 1. The maximum Gasteiger partial charge on any atom is 0.405 e. The number of nitrogens with one attached hydrogen (secondary N) is 2. The van der Waals surface area contributed by atoms with Gasteiger partial charge in [-0.1, -0.05) is 13.8 Å². The van der Waals surface area contributed by atoms with Crippen LogP contribution in [-0.2, 0) is 23.9 Å². The van der Waals surface area contributed by atoms with Crippen LogP contribution in [0.3, 0.4) is 0 Å². The number of carbonyl (C=O) groups excluding carboxylic acids is 5. The quantitative estimate of drug-likeness (QED) is 0.369. The fourth-order valence-electron chi connectivity index (χ4n) is 2.60. The van der Waals surface area contributed by atoms with Crippen molar-refractivity contribution in [1.29, 1.82) is 0 Å². The maximum absolute atomic E-state index is 12.4. The Morgan fingerprint density at radius 2 is 1.92 bits per heavy atom. The highest BCUT2D eigenvalue weighted by molar-refractivity contribution is 6.37. The summed E-state index contributed by atoms with van der Waals surface area (Å²) in [5.41, 5.74) is 9.97. The summed E-state index contributed by atoms with van der Waals surface area (Å²) in [4.78, 5) is 58.2. The molecule has 0 saturated carbocycles. The maximum atomic E-state index is 12.4. The van der Waals surface area contributed by atoms with Crippen molar-refractivity contribution >= 4 is 29.6 Å². The Morgan fingerprint density at radius 3 is 2.36 bits per heavy atom. The summed E-state index contributed by atoms with van der Waals surface area (Å²) in [5.74, 6) is -3.79. The van der Waals surface area contributed by atoms with Crippen LogP contribution in [-0.4, -0.2) is 48.3 Å². The number of nitrogens with two attached hydrogens (primary N) is 2. The van der Waals surface area contributed by atoms with E-state index in [1.165, 1.54) is 0 Å². The van der Waals surface area contributed by atoms with Gasteiger partial charge in [0.1, 0.15) is 0 Å². The number of Topliss-reactive ketones (excluding diaryl/α,β-unsaturated/α-hetero) is 1. The first-order chi connectivity index (χ1) is 11.6. The SMILES string of the molecule is CC(C)CC(OC(N)=O)C(=O)NC(C[C@@H]1CCNC1=O)C(=O)C(N)=O. The lowest BCUT2D eigenvalue weighted by Crippen LogP contribution is -2.51. The fraction of sp³-hybridized carbons (Fsp3) is 0.667. The van der Waals surface area contributed by atoms with Crippen molar-refractivity contribution in [2.24, 2.45) is 23.3 Å². The minimum atomic E-state index is -1.27. The van der Waals surface area contributed by atoms with Gasteiger partial charge >= 0.3 is 6.09 Å². The van der Waals surface area contributed by atoms with Gasteiger partial charge in [0.15, 0.2) is 6.10 Å². The third kappa shape index (κ3) is 6.40. The predicted octanol–water partition coefficient (Wildman–Crippen LogP) is -1.44. The molecule has 4 amide bonds. The first-order valence-corrected chi connectivity index (χ1v) is 7.99. The molecule has 25 heavy (non-hydrogen) atoms. The molecule has 140 valence electrons. The van der Waals surface area contributed by atoms with Crippen LogP contribution in [0.1, 0.15) is 33.1 Å². The Labute approximate surface area is 145 Å². The van der Waals surface area contributed by atoms with Gasteiger partial charge in [-0.15, -0.1) is 0 Å². The standard InChI is InChI=1S/C15H24N4O6/c1-7(2)5-10(25-15(17)24)14(23)19-9(11(20)12(16)21)6-8-3-4-18-13(8)22/h7-10H,3-6H2,1-2H3,(H2,16,21)(H2,17,24)(H,18,22)(H,19,23)/t8-,9?,10?/m0/s1. The van der Waals surface area contributed by atoms with Gasteiger partial charge in [0.25, 0.3) is 11.8 Å². The number of primary amides is 2. The molecular formula is C15H24N4O6. The highest BCUT2D eigenvalue weighted by Crippen LogP contribution is 2.17. The van der Waals surface area contributed by atoms with Crippen LogP contribution in [0.15, 0.2) is 0 Å². The molecule has 1 aliphatic heterocycles. The number of carbonyl (C=O) groups is 5. The Morgan fingerprint density at radius 1 is 1.28 bits per heavy atom. The second-order valence-electron chi connectivity index (χ2n) is 6.36. The van der Waals surface area contributed by atoms with Crippen LogP contribution in [0.2, 0.25) is 0 Å². The van der Waals surface area contributed by atoms with Crippen LogP contribution in [0.5, 0.6) is 0 Å². The van der Waals surface area contributed by atoms with Crippen molar-refractivity contribution in [2.75, 3.05) is 6.54 Å². The first-order valence-electron chi connectivity index (χ1n) is 7.99. The molecule has 0 radical (unpaired) electrons. The molecule has 0 bridgehead atoms. The van der Waals surface area contributed by atoms with Crippen molar-refractivity contribution in [3.8, 4) is 0 Å². The van der Waals surface area contributed by atoms with E-state index >= 15 is 0 Å². The highest BCUT2D eigenvalue weighted by atomic mass is 16.6. The molecule has 1 aliphatic rings. The average molecular weight is 356 g/mol. The number of hydrogen-bond acceptors (Lipinski definition) is 6. The normalized spacial score (nSPS) is 19.0. The molecular weight excluding hydrogens is 332 g/mol. The molecule has 1 rings (SSSR count). The van der Waals surface area contributed by atoms with Crippen molar-refractivity contribution in [3.05, 3.63) is 0 Å². The Balaban J connectivity index is 2.87. The number of hydrogen-bond donors (Lipinski definition) is 4. The Kier molecular flexibility index (Phi) is 7.34. The van der Waals surface area contributed by atoms with Gasteiger partial charge < -0.3 is 26.8 Å². The van der Waals surface area contributed by atoms with E-state index in [1.54, 1.807) is 13.8 Å². The van der Waals surface area contributed by atoms with Crippen molar-refractivity contribution < 1.29 is 28.7 Å². The summed E-state index contributed by atoms with van der Waals surface area (Å²) in [5, 5.41) is 4.96. The van der Waals surface area contributed by atoms with Crippen LogP contribution >= 0.6 is 0 Å². The molecule has 10 nitrogen and oxygen atoms in total. The van der Waals surface area contributed by atoms with E-state index in [4.69, 9.17) is 16.2 Å². The van der Waals surface area contributed by atoms with E-state index in [0.717, 1.165) is 0 Å². The average Bonchev–Trinajstić information content (AvgIpc) is 2.89. The molecule has 1 saturated heterocycles. The van der Waals surface area contributed by atoms with Gasteiger partial charge in [0, 0.05) is 12.5 Å². The molecule has 0 aromatic carbocycles. The molecule has 2 unspecified atom stereocenters. The summed E-state index contributed by atoms with van der Waals surface area (Å²) in [6.07, 6.45) is -1.75. The van der Waals surface area contributed by atoms with Crippen LogP contribution in [0.25, 0.3) is 0 Å². The highest BCUT2D eigenvalue weighted by Gasteiger charge is 2.35. The Hall–Kier alpha value is -2.65. The van der Waals surface area contributed by atoms with E-state index in [2.05, 4.69) is 10.6 Å². The van der Waals surface area contributed by atoms with Gasteiger partial charge in [0.2, 0.25) is 11.7 Å². The summed E-state index contributed by atoms with van der Waals surface area (Å²) >= 11 is 0. The topological polar surface area (TPSA) is 171 Å². The largest absolute Gasteiger partial charge is 0.436 e. The van der Waals surface area contributed by atoms with E-state index in [0.29, 0.717) is 13.0 Å². The zero-order valence-electron chi connectivity index (χ0n) is 14.2. The van der Waals surface area contributed by atoms with Crippen LogP contribution < -0.4 is 22.1 Å². The number of amides is 4. The second kappa shape index (κ2) is 9.00. The van der Waals surface area contributed by atoms with E-state index in [-0.39, 0.29) is 24.7 Å². The smallest absolute Gasteiger partial charge is 0.405 e. The zero-order chi connectivity index (χ0) is 19.1. The van der Waals surface area contributed by atoms with Crippen molar-refractivity contribution in [2.45, 2.75) is 45.3 Å². The summed E-state index contributed by atoms with van der Waals surface area (Å²) in [6.45, 7) is 4.06. The minimum absolute atomic E-state index is 0.000928. The van der Waals surface area contributed by atoms with Gasteiger partial charge in [-0.25, -0.2) is 4.79 Å². The fourth-order valence-corrected chi connectivity index (χ4v) is 2.60.